The molecule has 0 aromatic heterocycles. The van der Waals surface area contributed by atoms with E-state index in [9.17, 15) is 9.90 Å². The molecule has 1 fully saturated rings. The van der Waals surface area contributed by atoms with Crippen LogP contribution in [0.2, 0.25) is 0 Å². The summed E-state index contributed by atoms with van der Waals surface area (Å²) in [6, 6.07) is 3.91. The lowest BCUT2D eigenvalue weighted by molar-refractivity contribution is 0.0356. The number of hydrogen-bond donors (Lipinski definition) is 1. The van der Waals surface area contributed by atoms with Gasteiger partial charge in [-0.3, -0.25) is 4.79 Å². The molecule has 1 aromatic carbocycles. The summed E-state index contributed by atoms with van der Waals surface area (Å²) in [7, 11) is 0. The first-order valence-corrected chi connectivity index (χ1v) is 8.57. The van der Waals surface area contributed by atoms with Crippen molar-refractivity contribution in [3.8, 4) is 5.75 Å². The van der Waals surface area contributed by atoms with E-state index in [1.165, 1.54) is 12.8 Å². The topological polar surface area (TPSA) is 37.3 Å². The zero-order chi connectivity index (χ0) is 16.3. The number of phenols is 1. The number of carbonyl (C=O) groups excluding carboxylic acids is 1. The van der Waals surface area contributed by atoms with Crippen molar-refractivity contribution in [2.45, 2.75) is 71.6 Å². The molecular weight excluding hydrogens is 272 g/mol. The maximum absolute atomic E-state index is 12.8. The van der Waals surface area contributed by atoms with Gasteiger partial charge in [0.05, 0.1) is 0 Å². The maximum Gasteiger partial charge on any atom is 0.163 e. The molecule has 0 heterocycles. The van der Waals surface area contributed by atoms with Crippen molar-refractivity contribution in [3.05, 3.63) is 28.8 Å². The summed E-state index contributed by atoms with van der Waals surface area (Å²) >= 11 is 0. The van der Waals surface area contributed by atoms with E-state index in [2.05, 4.69) is 34.6 Å². The Bertz CT molecular complexity index is 627. The molecule has 1 N–H and O–H groups in total. The Balaban J connectivity index is 2.22. The summed E-state index contributed by atoms with van der Waals surface area (Å²) in [6.45, 7) is 11.0. The van der Waals surface area contributed by atoms with E-state index in [1.54, 1.807) is 0 Å². The Morgan fingerprint density at radius 1 is 1.18 bits per heavy atom. The zero-order valence-corrected chi connectivity index (χ0v) is 14.5. The van der Waals surface area contributed by atoms with Gasteiger partial charge in [0.1, 0.15) is 5.75 Å². The highest BCUT2D eigenvalue weighted by atomic mass is 16.3. The molecule has 2 heteroatoms. The van der Waals surface area contributed by atoms with Crippen molar-refractivity contribution in [2.75, 3.05) is 0 Å². The quantitative estimate of drug-likeness (QED) is 0.775. The van der Waals surface area contributed by atoms with Crippen molar-refractivity contribution >= 4 is 5.78 Å². The van der Waals surface area contributed by atoms with Crippen molar-refractivity contribution in [1.29, 1.82) is 0 Å². The van der Waals surface area contributed by atoms with Gasteiger partial charge in [-0.05, 0) is 47.8 Å². The minimum Gasteiger partial charge on any atom is -0.508 e. The number of phenolic OH excluding ortho intramolecular Hbond substituents is 1. The van der Waals surface area contributed by atoms with Crippen LogP contribution in [-0.4, -0.2) is 10.9 Å². The largest absolute Gasteiger partial charge is 0.508 e. The number of benzene rings is 1. The minimum atomic E-state index is -0.0788. The molecule has 2 nitrogen and oxygen atoms in total. The molecule has 120 valence electrons. The van der Waals surface area contributed by atoms with Crippen LogP contribution in [0.5, 0.6) is 5.75 Å². The lowest BCUT2D eigenvalue weighted by Crippen LogP contribution is -2.49. The number of carbonyl (C=O) groups is 1. The van der Waals surface area contributed by atoms with Crippen LogP contribution in [0.1, 0.15) is 87.7 Å². The first kappa shape index (κ1) is 15.6. The number of aromatic hydroxyl groups is 1. The van der Waals surface area contributed by atoms with Crippen LogP contribution in [0, 0.1) is 11.3 Å². The van der Waals surface area contributed by atoms with Gasteiger partial charge in [-0.15, -0.1) is 0 Å². The molecule has 22 heavy (non-hydrogen) atoms. The van der Waals surface area contributed by atoms with Gasteiger partial charge in [0.15, 0.2) is 5.78 Å². The zero-order valence-electron chi connectivity index (χ0n) is 14.5. The fourth-order valence-electron chi connectivity index (χ4n) is 5.02. The smallest absolute Gasteiger partial charge is 0.163 e. The van der Waals surface area contributed by atoms with Gasteiger partial charge in [-0.1, -0.05) is 41.0 Å². The average molecular weight is 300 g/mol. The van der Waals surface area contributed by atoms with Gasteiger partial charge >= 0.3 is 0 Å². The molecular formula is C20H28O2. The van der Waals surface area contributed by atoms with Crippen LogP contribution in [0.25, 0.3) is 0 Å². The molecule has 0 saturated heterocycles. The van der Waals surface area contributed by atoms with E-state index in [0.29, 0.717) is 24.0 Å². The molecule has 1 aromatic rings. The highest BCUT2D eigenvalue weighted by Gasteiger charge is 2.53. The molecule has 0 bridgehead atoms. The summed E-state index contributed by atoms with van der Waals surface area (Å²) in [4.78, 5) is 12.8. The predicted octanol–water partition coefficient (Wildman–Crippen LogP) is 5.19. The third-order valence-corrected chi connectivity index (χ3v) is 6.30. The summed E-state index contributed by atoms with van der Waals surface area (Å²) in [5, 5.41) is 10.7. The monoisotopic (exact) mass is 300 g/mol. The van der Waals surface area contributed by atoms with E-state index in [0.717, 1.165) is 23.1 Å². The van der Waals surface area contributed by atoms with Crippen LogP contribution in [0.3, 0.4) is 0 Å². The van der Waals surface area contributed by atoms with Gasteiger partial charge in [0.2, 0.25) is 0 Å². The van der Waals surface area contributed by atoms with E-state index >= 15 is 0 Å². The molecule has 0 aliphatic heterocycles. The van der Waals surface area contributed by atoms with Gasteiger partial charge in [-0.25, -0.2) is 0 Å². The Morgan fingerprint density at radius 2 is 1.86 bits per heavy atom. The number of fused-ring (bicyclic) bond motifs is 3. The van der Waals surface area contributed by atoms with Crippen LogP contribution in [-0.2, 0) is 5.41 Å². The number of ketones is 1. The molecule has 2 unspecified atom stereocenters. The van der Waals surface area contributed by atoms with Gasteiger partial charge in [0, 0.05) is 23.0 Å². The highest BCUT2D eigenvalue weighted by Crippen LogP contribution is 2.58. The first-order valence-electron chi connectivity index (χ1n) is 8.57. The summed E-state index contributed by atoms with van der Waals surface area (Å²) < 4.78 is 0. The standard InChI is InChI=1S/C20H28O2/c1-12(2)13-9-14-15(21)11-17-19(3,4)7-6-8-20(17,5)18(14)16(22)10-13/h9-10,12,17,22H,6-8,11H2,1-5H3. The van der Waals surface area contributed by atoms with E-state index < -0.39 is 0 Å². The molecule has 1 saturated carbocycles. The average Bonchev–Trinajstić information content (AvgIpc) is 2.40. The van der Waals surface area contributed by atoms with Crippen molar-refractivity contribution < 1.29 is 9.90 Å². The maximum atomic E-state index is 12.8. The normalized spacial score (nSPS) is 30.1. The molecule has 2 atom stereocenters. The number of rotatable bonds is 1. The van der Waals surface area contributed by atoms with E-state index in [-0.39, 0.29) is 16.6 Å². The Labute approximate surface area is 133 Å². The molecule has 0 radical (unpaired) electrons. The van der Waals surface area contributed by atoms with Crippen molar-refractivity contribution in [3.63, 3.8) is 0 Å². The number of hydrogen-bond acceptors (Lipinski definition) is 2. The van der Waals surface area contributed by atoms with Gasteiger partial charge in [0.25, 0.3) is 0 Å². The molecule has 0 spiro atoms. The van der Waals surface area contributed by atoms with Gasteiger partial charge in [-0.2, -0.15) is 0 Å². The van der Waals surface area contributed by atoms with Crippen molar-refractivity contribution in [1.82, 2.24) is 0 Å². The SMILES string of the molecule is CC(C)c1cc(O)c2c(c1)C(=O)CC1C(C)(C)CCCC21C. The molecule has 2 aliphatic carbocycles. The third kappa shape index (κ3) is 2.11. The van der Waals surface area contributed by atoms with Crippen LogP contribution in [0.15, 0.2) is 12.1 Å². The lowest BCUT2D eigenvalue weighted by atomic mass is 9.50. The second-order valence-corrected chi connectivity index (χ2v) is 8.56. The fraction of sp³-hybridized carbons (Fsp3) is 0.650. The molecule has 3 rings (SSSR count). The fourth-order valence-corrected chi connectivity index (χ4v) is 5.02. The third-order valence-electron chi connectivity index (χ3n) is 6.30. The lowest BCUT2D eigenvalue weighted by Gasteiger charge is -2.53. The molecule has 0 amide bonds. The Hall–Kier alpha value is -1.31. The minimum absolute atomic E-state index is 0.0788. The Kier molecular flexibility index (Phi) is 3.43. The van der Waals surface area contributed by atoms with Crippen LogP contribution >= 0.6 is 0 Å². The predicted molar refractivity (Wildman–Crippen MR) is 89.6 cm³/mol. The van der Waals surface area contributed by atoms with Crippen LogP contribution in [0.4, 0.5) is 0 Å². The summed E-state index contributed by atoms with van der Waals surface area (Å²) in [5.74, 6) is 1.19. The first-order chi connectivity index (χ1) is 10.2. The van der Waals surface area contributed by atoms with E-state index in [4.69, 9.17) is 0 Å². The summed E-state index contributed by atoms with van der Waals surface area (Å²) in [6.07, 6.45) is 4.02. The second-order valence-electron chi connectivity index (χ2n) is 8.56. The Morgan fingerprint density at radius 3 is 2.50 bits per heavy atom. The van der Waals surface area contributed by atoms with E-state index in [1.807, 2.05) is 12.1 Å². The van der Waals surface area contributed by atoms with Crippen LogP contribution < -0.4 is 0 Å². The number of Topliss-reactive ketones (excluding diaryl/α,β-unsaturated/α-hetero) is 1. The molecule has 2 aliphatic rings. The highest BCUT2D eigenvalue weighted by molar-refractivity contribution is 6.00. The second kappa shape index (κ2) is 4.84. The summed E-state index contributed by atoms with van der Waals surface area (Å²) in [5.41, 5.74) is 2.83. The van der Waals surface area contributed by atoms with Crippen molar-refractivity contribution in [2.24, 2.45) is 11.3 Å². The van der Waals surface area contributed by atoms with Gasteiger partial charge < -0.3 is 5.11 Å².